The van der Waals surface area contributed by atoms with Gasteiger partial charge in [0.2, 0.25) is 0 Å². The summed E-state index contributed by atoms with van der Waals surface area (Å²) >= 11 is 3.95. The van der Waals surface area contributed by atoms with Crippen molar-refractivity contribution in [3.8, 4) is 0 Å². The van der Waals surface area contributed by atoms with Gasteiger partial charge in [0.25, 0.3) is 0 Å². The van der Waals surface area contributed by atoms with Crippen LogP contribution in [0, 0.1) is 0 Å². The number of allylic oxidation sites excluding steroid dienone is 1. The van der Waals surface area contributed by atoms with Crippen LogP contribution in [0.5, 0.6) is 0 Å². The third kappa shape index (κ3) is 3.79. The van der Waals surface area contributed by atoms with Crippen LogP contribution < -0.4 is 0 Å². The van der Waals surface area contributed by atoms with E-state index < -0.39 is 0 Å². The summed E-state index contributed by atoms with van der Waals surface area (Å²) in [5, 5.41) is 0. The number of rotatable bonds is 4. The Bertz CT molecular complexity index is 363. The minimum absolute atomic E-state index is 0.00879. The molecule has 1 unspecified atom stereocenters. The normalized spacial score (nSPS) is 20.2. The Morgan fingerprint density at radius 1 is 1.62 bits per heavy atom. The summed E-state index contributed by atoms with van der Waals surface area (Å²) in [5.74, 6) is -0.322. The molecule has 88 valence electrons. The molecule has 0 amide bonds. The Balaban J connectivity index is 2.64. The lowest BCUT2D eigenvalue weighted by molar-refractivity contribution is -0.142. The van der Waals surface area contributed by atoms with Crippen LogP contribution in [0.1, 0.15) is 19.8 Å². The third-order valence-corrected chi connectivity index (χ3v) is 3.90. The van der Waals surface area contributed by atoms with E-state index in [0.717, 1.165) is 6.42 Å². The minimum atomic E-state index is -0.331. The second-order valence-corrected chi connectivity index (χ2v) is 5.62. The standard InChI is InChI=1S/C10H11I2NO3/c1-2-3-16-8(14)4-7-9(12)10(15)6(11)5-13-7/h5-6H,2-4H2,1H3. The maximum Gasteiger partial charge on any atom is 0.311 e. The second-order valence-electron chi connectivity index (χ2n) is 3.20. The number of aliphatic imine (C=N–C) groups is 1. The molecule has 0 spiro atoms. The largest absolute Gasteiger partial charge is 0.465 e. The monoisotopic (exact) mass is 447 g/mol. The lowest BCUT2D eigenvalue weighted by Gasteiger charge is -2.12. The maximum absolute atomic E-state index is 11.6. The first-order chi connectivity index (χ1) is 7.56. The molecule has 0 aromatic rings. The Morgan fingerprint density at radius 3 is 2.94 bits per heavy atom. The first-order valence-electron chi connectivity index (χ1n) is 4.83. The minimum Gasteiger partial charge on any atom is -0.465 e. The molecule has 0 fully saturated rings. The Labute approximate surface area is 121 Å². The molecular weight excluding hydrogens is 436 g/mol. The summed E-state index contributed by atoms with van der Waals surface area (Å²) in [6.45, 7) is 2.34. The summed E-state index contributed by atoms with van der Waals surface area (Å²) in [6.07, 6.45) is 2.43. The van der Waals surface area contributed by atoms with E-state index in [0.29, 0.717) is 15.9 Å². The van der Waals surface area contributed by atoms with Gasteiger partial charge in [-0.2, -0.15) is 0 Å². The second kappa shape index (κ2) is 6.67. The molecule has 0 radical (unpaired) electrons. The van der Waals surface area contributed by atoms with Crippen molar-refractivity contribution >= 4 is 63.1 Å². The van der Waals surface area contributed by atoms with Gasteiger partial charge in [0, 0.05) is 6.21 Å². The van der Waals surface area contributed by atoms with E-state index in [1.807, 2.05) is 52.1 Å². The summed E-state index contributed by atoms with van der Waals surface area (Å²) in [6, 6.07) is 0. The van der Waals surface area contributed by atoms with Crippen molar-refractivity contribution in [1.29, 1.82) is 0 Å². The van der Waals surface area contributed by atoms with Crippen LogP contribution in [0.2, 0.25) is 0 Å². The molecule has 1 atom stereocenters. The fraction of sp³-hybridized carbons (Fsp3) is 0.500. The molecule has 0 aromatic heterocycles. The summed E-state index contributed by atoms with van der Waals surface area (Å²) < 4.78 is 5.25. The SMILES string of the molecule is CCCOC(=O)CC1=C(I)C(=O)C(I)C=N1. The van der Waals surface area contributed by atoms with E-state index in [-0.39, 0.29) is 22.1 Å². The van der Waals surface area contributed by atoms with Gasteiger partial charge in [-0.25, -0.2) is 0 Å². The molecule has 0 saturated carbocycles. The zero-order valence-electron chi connectivity index (χ0n) is 8.70. The van der Waals surface area contributed by atoms with Gasteiger partial charge in [0.15, 0.2) is 5.78 Å². The van der Waals surface area contributed by atoms with E-state index >= 15 is 0 Å². The van der Waals surface area contributed by atoms with Crippen LogP contribution in [0.4, 0.5) is 0 Å². The quantitative estimate of drug-likeness (QED) is 0.378. The fourth-order valence-corrected chi connectivity index (χ4v) is 2.80. The van der Waals surface area contributed by atoms with Crippen molar-refractivity contribution in [1.82, 2.24) is 0 Å². The molecule has 1 heterocycles. The van der Waals surface area contributed by atoms with E-state index in [1.54, 1.807) is 6.21 Å². The molecule has 0 aromatic carbocycles. The van der Waals surface area contributed by atoms with Crippen molar-refractivity contribution < 1.29 is 14.3 Å². The molecule has 16 heavy (non-hydrogen) atoms. The summed E-state index contributed by atoms with van der Waals surface area (Å²) in [4.78, 5) is 27.1. The average Bonchev–Trinajstić information content (AvgIpc) is 2.27. The molecular formula is C10H11I2NO3. The molecule has 1 aliphatic rings. The van der Waals surface area contributed by atoms with Crippen LogP contribution >= 0.6 is 45.2 Å². The number of hydrogen-bond donors (Lipinski definition) is 0. The van der Waals surface area contributed by atoms with Crippen LogP contribution in [0.15, 0.2) is 14.3 Å². The fourth-order valence-electron chi connectivity index (χ4n) is 1.07. The molecule has 6 heteroatoms. The van der Waals surface area contributed by atoms with E-state index in [4.69, 9.17) is 4.74 Å². The number of carbonyl (C=O) groups excluding carboxylic acids is 2. The topological polar surface area (TPSA) is 55.7 Å². The molecule has 0 N–H and O–H groups in total. The Kier molecular flexibility index (Phi) is 5.87. The maximum atomic E-state index is 11.6. The number of ether oxygens (including phenoxy) is 1. The molecule has 1 aliphatic heterocycles. The number of carbonyl (C=O) groups is 2. The van der Waals surface area contributed by atoms with Crippen molar-refractivity contribution in [2.75, 3.05) is 6.61 Å². The predicted molar refractivity (Wildman–Crippen MR) is 78.2 cm³/mol. The number of halogens is 2. The molecule has 0 bridgehead atoms. The first-order valence-corrected chi connectivity index (χ1v) is 7.15. The van der Waals surface area contributed by atoms with Crippen LogP contribution in [0.25, 0.3) is 0 Å². The van der Waals surface area contributed by atoms with Crippen molar-refractivity contribution in [3.63, 3.8) is 0 Å². The van der Waals surface area contributed by atoms with E-state index in [1.165, 1.54) is 0 Å². The van der Waals surface area contributed by atoms with Crippen molar-refractivity contribution in [3.05, 3.63) is 9.28 Å². The Hall–Kier alpha value is 0.01000. The van der Waals surface area contributed by atoms with Crippen LogP contribution in [-0.4, -0.2) is 28.5 Å². The lowest BCUT2D eigenvalue weighted by atomic mass is 10.2. The number of alkyl halides is 1. The third-order valence-electron chi connectivity index (χ3n) is 1.86. The smallest absolute Gasteiger partial charge is 0.311 e. The number of Topliss-reactive ketones (excluding diaryl/α,β-unsaturated/α-hetero) is 1. The zero-order valence-corrected chi connectivity index (χ0v) is 13.0. The summed E-state index contributed by atoms with van der Waals surface area (Å²) in [7, 11) is 0. The molecule has 0 aliphatic carbocycles. The number of esters is 1. The van der Waals surface area contributed by atoms with Crippen LogP contribution in [-0.2, 0) is 14.3 Å². The highest BCUT2D eigenvalue weighted by molar-refractivity contribution is 14.1. The summed E-state index contributed by atoms with van der Waals surface area (Å²) in [5.41, 5.74) is 0.514. The van der Waals surface area contributed by atoms with Gasteiger partial charge in [0.05, 0.1) is 22.3 Å². The zero-order chi connectivity index (χ0) is 12.1. The average molecular weight is 447 g/mol. The van der Waals surface area contributed by atoms with E-state index in [2.05, 4.69) is 4.99 Å². The van der Waals surface area contributed by atoms with Crippen molar-refractivity contribution in [2.24, 2.45) is 4.99 Å². The van der Waals surface area contributed by atoms with Crippen molar-refractivity contribution in [2.45, 2.75) is 23.7 Å². The molecule has 1 rings (SSSR count). The van der Waals surface area contributed by atoms with Crippen LogP contribution in [0.3, 0.4) is 0 Å². The van der Waals surface area contributed by atoms with Gasteiger partial charge in [0.1, 0.15) is 3.92 Å². The van der Waals surface area contributed by atoms with Gasteiger partial charge in [-0.15, -0.1) is 0 Å². The van der Waals surface area contributed by atoms with Gasteiger partial charge in [-0.3, -0.25) is 14.6 Å². The highest BCUT2D eigenvalue weighted by Crippen LogP contribution is 2.25. The first kappa shape index (κ1) is 14.1. The van der Waals surface area contributed by atoms with Gasteiger partial charge < -0.3 is 4.74 Å². The van der Waals surface area contributed by atoms with Gasteiger partial charge >= 0.3 is 5.97 Å². The molecule has 4 nitrogen and oxygen atoms in total. The Morgan fingerprint density at radius 2 is 2.31 bits per heavy atom. The van der Waals surface area contributed by atoms with Gasteiger partial charge in [-0.1, -0.05) is 29.5 Å². The van der Waals surface area contributed by atoms with Gasteiger partial charge in [-0.05, 0) is 29.0 Å². The molecule has 0 saturated heterocycles. The van der Waals surface area contributed by atoms with E-state index in [9.17, 15) is 9.59 Å². The highest BCUT2D eigenvalue weighted by atomic mass is 127. The number of ketones is 1. The lowest BCUT2D eigenvalue weighted by Crippen LogP contribution is -2.21. The highest BCUT2D eigenvalue weighted by Gasteiger charge is 2.24. The number of nitrogens with zero attached hydrogens (tertiary/aromatic N) is 1. The number of hydrogen-bond acceptors (Lipinski definition) is 4. The predicted octanol–water partition coefficient (Wildman–Crippen LogP) is 2.43.